The van der Waals surface area contributed by atoms with E-state index in [1.54, 1.807) is 0 Å². The van der Waals surface area contributed by atoms with Crippen LogP contribution >= 0.6 is 0 Å². The molecule has 106 valence electrons. The van der Waals surface area contributed by atoms with Gasteiger partial charge in [-0.25, -0.2) is 4.79 Å². The van der Waals surface area contributed by atoms with E-state index < -0.39 is 17.5 Å². The smallest absolute Gasteiger partial charge is 0.407 e. The molecule has 0 aromatic carbocycles. The molecule has 5 nitrogen and oxygen atoms in total. The van der Waals surface area contributed by atoms with Crippen molar-refractivity contribution in [3.63, 3.8) is 0 Å². The number of aliphatic carboxylic acids is 1. The van der Waals surface area contributed by atoms with Crippen LogP contribution < -0.4 is 5.32 Å². The Morgan fingerprint density at radius 2 is 2.26 bits per heavy atom. The average Bonchev–Trinajstić information content (AvgIpc) is 2.37. The molecule has 0 aliphatic heterocycles. The van der Waals surface area contributed by atoms with E-state index in [4.69, 9.17) is 4.74 Å². The fraction of sp³-hybridized carbons (Fsp3) is 0.714. The summed E-state index contributed by atoms with van der Waals surface area (Å²) in [6.07, 6.45) is 4.38. The predicted octanol–water partition coefficient (Wildman–Crippen LogP) is 2.18. The zero-order valence-corrected chi connectivity index (χ0v) is 11.2. The molecule has 2 bridgehead atoms. The molecule has 0 radical (unpaired) electrons. The molecule has 0 aromatic heterocycles. The Labute approximate surface area is 113 Å². The number of carbonyl (C=O) groups is 2. The highest BCUT2D eigenvalue weighted by Gasteiger charge is 2.53. The SMILES string of the molecule is C=CCOC(=O)NC1CC2CCC1CC2(C)C(=O)O. The second kappa shape index (κ2) is 5.23. The van der Waals surface area contributed by atoms with Gasteiger partial charge in [-0.1, -0.05) is 12.7 Å². The largest absolute Gasteiger partial charge is 0.481 e. The van der Waals surface area contributed by atoms with Crippen molar-refractivity contribution in [2.75, 3.05) is 6.61 Å². The van der Waals surface area contributed by atoms with Crippen molar-refractivity contribution in [2.24, 2.45) is 17.3 Å². The number of hydrogen-bond acceptors (Lipinski definition) is 3. The van der Waals surface area contributed by atoms with Gasteiger partial charge in [0, 0.05) is 6.04 Å². The lowest BCUT2D eigenvalue weighted by Gasteiger charge is -2.51. The number of carboxylic acid groups (broad SMARTS) is 1. The zero-order chi connectivity index (χ0) is 14.0. The van der Waals surface area contributed by atoms with Gasteiger partial charge in [-0.05, 0) is 44.4 Å². The maximum absolute atomic E-state index is 11.5. The molecule has 0 heterocycles. The van der Waals surface area contributed by atoms with Gasteiger partial charge in [0.2, 0.25) is 0 Å². The van der Waals surface area contributed by atoms with Gasteiger partial charge in [0.25, 0.3) is 0 Å². The van der Waals surface area contributed by atoms with E-state index in [0.717, 1.165) is 19.3 Å². The fourth-order valence-corrected chi connectivity index (χ4v) is 3.53. The minimum absolute atomic E-state index is 0.0449. The van der Waals surface area contributed by atoms with Gasteiger partial charge in [-0.2, -0.15) is 0 Å². The lowest BCUT2D eigenvalue weighted by Crippen LogP contribution is -2.55. The first-order valence-corrected chi connectivity index (χ1v) is 6.75. The van der Waals surface area contributed by atoms with Crippen LogP contribution in [0, 0.1) is 17.3 Å². The quantitative estimate of drug-likeness (QED) is 0.765. The number of fused-ring (bicyclic) bond motifs is 3. The molecule has 5 heteroatoms. The number of amides is 1. The van der Waals surface area contributed by atoms with Crippen molar-refractivity contribution in [3.05, 3.63) is 12.7 Å². The summed E-state index contributed by atoms with van der Waals surface area (Å²) in [6.45, 7) is 5.51. The second-order valence-electron chi connectivity index (χ2n) is 5.83. The minimum Gasteiger partial charge on any atom is -0.481 e. The molecule has 3 saturated carbocycles. The summed E-state index contributed by atoms with van der Waals surface area (Å²) in [5.74, 6) is -0.336. The summed E-state index contributed by atoms with van der Waals surface area (Å²) >= 11 is 0. The van der Waals surface area contributed by atoms with Gasteiger partial charge in [0.05, 0.1) is 5.41 Å². The van der Waals surface area contributed by atoms with Gasteiger partial charge in [-0.3, -0.25) is 4.79 Å². The first-order chi connectivity index (χ1) is 8.97. The van der Waals surface area contributed by atoms with Crippen LogP contribution in [0.15, 0.2) is 12.7 Å². The number of rotatable bonds is 4. The molecule has 3 rings (SSSR count). The van der Waals surface area contributed by atoms with Crippen LogP contribution in [0.5, 0.6) is 0 Å². The average molecular weight is 267 g/mol. The van der Waals surface area contributed by atoms with Crippen LogP contribution in [0.25, 0.3) is 0 Å². The Morgan fingerprint density at radius 3 is 2.79 bits per heavy atom. The minimum atomic E-state index is -0.713. The lowest BCUT2D eigenvalue weighted by atomic mass is 9.55. The van der Waals surface area contributed by atoms with Crippen LogP contribution in [-0.4, -0.2) is 29.8 Å². The highest BCUT2D eigenvalue weighted by atomic mass is 16.5. The number of carboxylic acids is 1. The molecule has 19 heavy (non-hydrogen) atoms. The monoisotopic (exact) mass is 267 g/mol. The van der Waals surface area contributed by atoms with E-state index >= 15 is 0 Å². The summed E-state index contributed by atoms with van der Waals surface area (Å²) < 4.78 is 4.92. The third-order valence-corrected chi connectivity index (χ3v) is 4.70. The molecule has 3 fully saturated rings. The molecule has 1 amide bonds. The Hall–Kier alpha value is -1.52. The first kappa shape index (κ1) is 13.9. The summed E-state index contributed by atoms with van der Waals surface area (Å²) in [4.78, 5) is 23.0. The predicted molar refractivity (Wildman–Crippen MR) is 69.7 cm³/mol. The topological polar surface area (TPSA) is 75.6 Å². The van der Waals surface area contributed by atoms with Crippen molar-refractivity contribution in [2.45, 2.75) is 38.6 Å². The number of nitrogens with one attached hydrogen (secondary N) is 1. The van der Waals surface area contributed by atoms with Crippen molar-refractivity contribution in [1.82, 2.24) is 5.32 Å². The van der Waals surface area contributed by atoms with Gasteiger partial charge in [-0.15, -0.1) is 0 Å². The Kier molecular flexibility index (Phi) is 3.83. The van der Waals surface area contributed by atoms with E-state index in [-0.39, 0.29) is 24.5 Å². The van der Waals surface area contributed by atoms with Gasteiger partial charge >= 0.3 is 12.1 Å². The summed E-state index contributed by atoms with van der Waals surface area (Å²) in [6, 6.07) is 0.0449. The molecular formula is C14H21NO4. The molecule has 0 saturated heterocycles. The number of alkyl carbamates (subject to hydrolysis) is 1. The highest BCUT2D eigenvalue weighted by molar-refractivity contribution is 5.75. The standard InChI is InChI=1S/C14H21NO4/c1-3-6-19-13(18)15-11-7-10-5-4-9(11)8-14(10,2)12(16)17/h3,9-11H,1,4-8H2,2H3,(H,15,18)(H,16,17). The molecule has 2 N–H and O–H groups in total. The Balaban J connectivity index is 1.96. The maximum atomic E-state index is 11.5. The lowest BCUT2D eigenvalue weighted by molar-refractivity contribution is -0.159. The molecule has 0 aromatic rings. The van der Waals surface area contributed by atoms with Gasteiger partial charge in [0.1, 0.15) is 6.61 Å². The van der Waals surface area contributed by atoms with Crippen LogP contribution in [0.3, 0.4) is 0 Å². The number of carbonyl (C=O) groups excluding carboxylic acids is 1. The Bertz CT molecular complexity index is 395. The van der Waals surface area contributed by atoms with E-state index in [1.165, 1.54) is 6.08 Å². The fourth-order valence-electron chi connectivity index (χ4n) is 3.53. The maximum Gasteiger partial charge on any atom is 0.407 e. The number of hydrogen-bond donors (Lipinski definition) is 2. The summed E-state index contributed by atoms with van der Waals surface area (Å²) in [7, 11) is 0. The Morgan fingerprint density at radius 1 is 1.53 bits per heavy atom. The second-order valence-corrected chi connectivity index (χ2v) is 5.83. The normalized spacial score (nSPS) is 36.6. The summed E-state index contributed by atoms with van der Waals surface area (Å²) in [5, 5.41) is 12.2. The molecular weight excluding hydrogens is 246 g/mol. The van der Waals surface area contributed by atoms with Crippen LogP contribution in [0.1, 0.15) is 32.6 Å². The van der Waals surface area contributed by atoms with Crippen molar-refractivity contribution in [3.8, 4) is 0 Å². The molecule has 3 aliphatic carbocycles. The van der Waals surface area contributed by atoms with Gasteiger partial charge < -0.3 is 15.2 Å². The molecule has 3 aliphatic rings. The van der Waals surface area contributed by atoms with Crippen LogP contribution in [-0.2, 0) is 9.53 Å². The molecule has 0 spiro atoms. The zero-order valence-electron chi connectivity index (χ0n) is 11.2. The van der Waals surface area contributed by atoms with E-state index in [2.05, 4.69) is 11.9 Å². The number of ether oxygens (including phenoxy) is 1. The van der Waals surface area contributed by atoms with Gasteiger partial charge in [0.15, 0.2) is 0 Å². The van der Waals surface area contributed by atoms with Crippen molar-refractivity contribution >= 4 is 12.1 Å². The third kappa shape index (κ3) is 2.60. The van der Waals surface area contributed by atoms with Crippen LogP contribution in [0.2, 0.25) is 0 Å². The molecule has 4 unspecified atom stereocenters. The highest BCUT2D eigenvalue weighted by Crippen LogP contribution is 2.52. The van der Waals surface area contributed by atoms with E-state index in [0.29, 0.717) is 6.42 Å². The molecule has 4 atom stereocenters. The third-order valence-electron chi connectivity index (χ3n) is 4.70. The summed E-state index contributed by atoms with van der Waals surface area (Å²) in [5.41, 5.74) is -0.633. The van der Waals surface area contributed by atoms with E-state index in [9.17, 15) is 14.7 Å². The van der Waals surface area contributed by atoms with Crippen molar-refractivity contribution in [1.29, 1.82) is 0 Å². The van der Waals surface area contributed by atoms with E-state index in [1.807, 2.05) is 6.92 Å². The first-order valence-electron chi connectivity index (χ1n) is 6.75. The van der Waals surface area contributed by atoms with Crippen LogP contribution in [0.4, 0.5) is 4.79 Å². The van der Waals surface area contributed by atoms with Crippen molar-refractivity contribution < 1.29 is 19.4 Å².